The van der Waals surface area contributed by atoms with E-state index in [0.29, 0.717) is 17.7 Å². The third kappa shape index (κ3) is 9.78. The number of likely N-dealkylation sites (tertiary alicyclic amines) is 1. The van der Waals surface area contributed by atoms with Gasteiger partial charge in [-0.05, 0) is 31.5 Å². The van der Waals surface area contributed by atoms with Crippen molar-refractivity contribution in [3.05, 3.63) is 83.7 Å². The van der Waals surface area contributed by atoms with Crippen LogP contribution >= 0.6 is 0 Å². The Morgan fingerprint density at radius 2 is 1.65 bits per heavy atom. The number of carboxylic acid groups (broad SMARTS) is 1. The molecule has 1 saturated heterocycles. The molecule has 0 radical (unpaired) electrons. The second kappa shape index (κ2) is 17.5. The zero-order valence-corrected chi connectivity index (χ0v) is 29.2. The van der Waals surface area contributed by atoms with Crippen LogP contribution in [0.4, 0.5) is 0 Å². The average Bonchev–Trinajstić information content (AvgIpc) is 3.80. The number of carboxylic acids is 1. The fourth-order valence-electron chi connectivity index (χ4n) is 6.33. The first-order chi connectivity index (χ1) is 25.0. The van der Waals surface area contributed by atoms with Crippen LogP contribution < -0.4 is 26.6 Å². The van der Waals surface area contributed by atoms with Gasteiger partial charge in [0.15, 0.2) is 0 Å². The van der Waals surface area contributed by atoms with Gasteiger partial charge in [-0.1, -0.05) is 65.9 Å². The number of nitrogens with one attached hydrogen (secondary N) is 5. The molecule has 5 rings (SSSR count). The van der Waals surface area contributed by atoms with Crippen molar-refractivity contribution in [2.75, 3.05) is 20.1 Å². The van der Waals surface area contributed by atoms with E-state index in [1.54, 1.807) is 55.2 Å². The van der Waals surface area contributed by atoms with E-state index in [2.05, 4.69) is 36.9 Å². The fourth-order valence-corrected chi connectivity index (χ4v) is 6.33. The van der Waals surface area contributed by atoms with Crippen LogP contribution in [0.3, 0.4) is 0 Å². The molecular weight excluding hydrogens is 670 g/mol. The number of fused-ring (bicyclic) bond motifs is 5. The van der Waals surface area contributed by atoms with Crippen LogP contribution in [0.1, 0.15) is 49.0 Å². The van der Waals surface area contributed by atoms with Crippen molar-refractivity contribution in [3.8, 4) is 0 Å². The van der Waals surface area contributed by atoms with E-state index >= 15 is 0 Å². The Balaban J connectivity index is 1.50. The molecule has 16 nitrogen and oxygen atoms in total. The molecule has 3 aromatic rings. The third-order valence-electron chi connectivity index (χ3n) is 9.41. The van der Waals surface area contributed by atoms with E-state index in [1.165, 1.54) is 4.90 Å². The lowest BCUT2D eigenvalue weighted by Crippen LogP contribution is -2.58. The highest BCUT2D eigenvalue weighted by molar-refractivity contribution is 5.96. The Labute approximate surface area is 301 Å². The smallest absolute Gasteiger partial charge is 0.326 e. The molecule has 0 saturated carbocycles. The van der Waals surface area contributed by atoms with Crippen molar-refractivity contribution in [1.29, 1.82) is 0 Å². The highest BCUT2D eigenvalue weighted by Crippen LogP contribution is 2.29. The number of carbonyl (C=O) groups is 6. The van der Waals surface area contributed by atoms with Crippen LogP contribution in [-0.4, -0.2) is 111 Å². The molecule has 3 heterocycles. The summed E-state index contributed by atoms with van der Waals surface area (Å²) in [7, 11) is 1.63. The Kier molecular flexibility index (Phi) is 12.7. The van der Waals surface area contributed by atoms with Gasteiger partial charge in [0, 0.05) is 51.4 Å². The lowest BCUT2D eigenvalue weighted by atomic mass is 10.0. The van der Waals surface area contributed by atoms with Crippen LogP contribution in [-0.2, 0) is 48.0 Å². The Bertz CT molecular complexity index is 1740. The number of aliphatic carboxylic acids is 1. The molecule has 1 aromatic heterocycles. The van der Waals surface area contributed by atoms with Gasteiger partial charge in [0.2, 0.25) is 29.5 Å². The van der Waals surface area contributed by atoms with Crippen molar-refractivity contribution in [2.24, 2.45) is 0 Å². The monoisotopic (exact) mass is 715 g/mol. The first kappa shape index (κ1) is 37.6. The highest BCUT2D eigenvalue weighted by atomic mass is 16.4. The van der Waals surface area contributed by atoms with Crippen molar-refractivity contribution in [1.82, 2.24) is 46.5 Å². The minimum absolute atomic E-state index is 0.0242. The molecule has 1 fully saturated rings. The van der Waals surface area contributed by atoms with E-state index in [-0.39, 0.29) is 45.2 Å². The first-order valence-electron chi connectivity index (χ1n) is 17.4. The second-order valence-corrected chi connectivity index (χ2v) is 13.1. The number of benzene rings is 2. The molecule has 6 N–H and O–H groups in total. The van der Waals surface area contributed by atoms with Gasteiger partial charge in [0.05, 0.1) is 17.8 Å². The summed E-state index contributed by atoms with van der Waals surface area (Å²) in [5, 5.41) is 32.2. The quantitative estimate of drug-likeness (QED) is 0.167. The summed E-state index contributed by atoms with van der Waals surface area (Å²) in [6.07, 6.45) is 2.00. The summed E-state index contributed by atoms with van der Waals surface area (Å²) < 4.78 is 1.59. The molecule has 4 bridgehead atoms. The number of rotatable bonds is 9. The van der Waals surface area contributed by atoms with E-state index in [4.69, 9.17) is 0 Å². The van der Waals surface area contributed by atoms with Gasteiger partial charge in [-0.25, -0.2) is 9.48 Å². The minimum atomic E-state index is -1.40. The van der Waals surface area contributed by atoms with Crippen molar-refractivity contribution >= 4 is 35.5 Å². The summed E-state index contributed by atoms with van der Waals surface area (Å²) in [5.74, 6) is -4.00. The summed E-state index contributed by atoms with van der Waals surface area (Å²) in [4.78, 5) is 81.8. The average molecular weight is 716 g/mol. The van der Waals surface area contributed by atoms with E-state index in [0.717, 1.165) is 5.56 Å². The zero-order valence-electron chi connectivity index (χ0n) is 29.2. The van der Waals surface area contributed by atoms with Gasteiger partial charge in [-0.3, -0.25) is 24.0 Å². The largest absolute Gasteiger partial charge is 0.480 e. The van der Waals surface area contributed by atoms with Crippen LogP contribution in [0.5, 0.6) is 0 Å². The fraction of sp³-hybridized carbons (Fsp3) is 0.444. The molecule has 276 valence electrons. The van der Waals surface area contributed by atoms with Gasteiger partial charge in [-0.15, -0.1) is 5.10 Å². The van der Waals surface area contributed by atoms with Gasteiger partial charge in [-0.2, -0.15) is 0 Å². The number of hydrogen-bond donors (Lipinski definition) is 6. The number of likely N-dealkylation sites (N-methyl/N-ethyl adjacent to an activating group) is 1. The first-order valence-corrected chi connectivity index (χ1v) is 17.4. The summed E-state index contributed by atoms with van der Waals surface area (Å²) >= 11 is 0. The van der Waals surface area contributed by atoms with Gasteiger partial charge in [0.25, 0.3) is 0 Å². The molecule has 0 aliphatic carbocycles. The van der Waals surface area contributed by atoms with E-state index in [1.807, 2.05) is 30.3 Å². The number of nitrogens with zero attached hydrogens (tertiary/aromatic N) is 4. The SMILES string of the molecule is CN[C@@H](C)C(=O)N[C@@H](Cc1ccccc1)C(=O)N1C[C@@H]2C[C@H]1C(=O)N[C@@H](Cc1ccccc1)C(=O)N[C@H](C(=O)O)CCC(=O)NCCc1cn2nn1. The summed E-state index contributed by atoms with van der Waals surface area (Å²) in [5.41, 5.74) is 2.07. The predicted molar refractivity (Wildman–Crippen MR) is 187 cm³/mol. The summed E-state index contributed by atoms with van der Waals surface area (Å²) in [6, 6.07) is 12.3. The van der Waals surface area contributed by atoms with Gasteiger partial charge >= 0.3 is 5.97 Å². The maximum absolute atomic E-state index is 14.5. The third-order valence-corrected chi connectivity index (χ3v) is 9.41. The van der Waals surface area contributed by atoms with Gasteiger partial charge in [0.1, 0.15) is 24.2 Å². The molecule has 6 atom stereocenters. The topological polar surface area (TPSA) is 217 Å². The van der Waals surface area contributed by atoms with Crippen molar-refractivity contribution in [2.45, 2.75) is 81.7 Å². The number of hydrogen-bond acceptors (Lipinski definition) is 9. The molecule has 5 amide bonds. The normalized spacial score (nSPS) is 22.5. The molecule has 2 aliphatic rings. The molecule has 0 spiro atoms. The lowest BCUT2D eigenvalue weighted by molar-refractivity contribution is -0.143. The van der Waals surface area contributed by atoms with E-state index < -0.39 is 71.8 Å². The Morgan fingerprint density at radius 3 is 2.33 bits per heavy atom. The maximum Gasteiger partial charge on any atom is 0.326 e. The standard InChI is InChI=1S/C36H45N9O7/c1-22(37-2)32(47)41-29(18-24-11-7-4-8-12-24)35(50)44-21-26-19-30(44)34(49)40-28(17-23-9-5-3-6-10-23)33(48)39-27(36(51)52)13-14-31(46)38-16-15-25-20-45(26)43-42-25/h3-12,20,22,26-30,37H,13-19,21H2,1-2H3,(H,38,46)(H,39,48)(H,40,49)(H,41,47)(H,51,52)/t22-,26-,27-,28-,29-,30-/m0/s1. The molecule has 52 heavy (non-hydrogen) atoms. The number of aromatic nitrogens is 3. The maximum atomic E-state index is 14.5. The summed E-state index contributed by atoms with van der Waals surface area (Å²) in [6.45, 7) is 1.94. The van der Waals surface area contributed by atoms with Gasteiger partial charge < -0.3 is 36.6 Å². The predicted octanol–water partition coefficient (Wildman–Crippen LogP) is -0.495. The lowest BCUT2D eigenvalue weighted by Gasteiger charge is -2.30. The molecule has 2 aromatic carbocycles. The van der Waals surface area contributed by atoms with Crippen LogP contribution in [0, 0.1) is 0 Å². The molecule has 2 aliphatic heterocycles. The van der Waals surface area contributed by atoms with Crippen LogP contribution in [0.25, 0.3) is 0 Å². The van der Waals surface area contributed by atoms with Crippen molar-refractivity contribution < 1.29 is 33.9 Å². The molecule has 16 heteroatoms. The number of carbonyl (C=O) groups excluding carboxylic acids is 5. The Morgan fingerprint density at radius 1 is 0.962 bits per heavy atom. The van der Waals surface area contributed by atoms with E-state index in [9.17, 15) is 33.9 Å². The van der Waals surface area contributed by atoms with Crippen molar-refractivity contribution in [3.63, 3.8) is 0 Å². The van der Waals surface area contributed by atoms with Crippen LogP contribution in [0.15, 0.2) is 66.9 Å². The second-order valence-electron chi connectivity index (χ2n) is 13.1. The zero-order chi connectivity index (χ0) is 37.2. The number of amides is 5. The highest BCUT2D eigenvalue weighted by Gasteiger charge is 2.44. The van der Waals surface area contributed by atoms with Crippen LogP contribution in [0.2, 0.25) is 0 Å². The Hall–Kier alpha value is -5.64. The molecule has 0 unspecified atom stereocenters. The molecular formula is C36H45N9O7. The minimum Gasteiger partial charge on any atom is -0.480 e.